The van der Waals surface area contributed by atoms with Gasteiger partial charge < -0.3 is 40.6 Å². The zero-order valence-electron chi connectivity index (χ0n) is 51.8. The van der Waals surface area contributed by atoms with E-state index in [1.807, 2.05) is 13.8 Å². The van der Waals surface area contributed by atoms with Gasteiger partial charge >= 0.3 is 24.4 Å². The molecule has 0 aliphatic carbocycles. The Balaban J connectivity index is 5.46. The number of alkyl carbamates (subject to hydrolysis) is 2. The minimum atomic E-state index is -0.835. The molecule has 448 valence electrons. The van der Waals surface area contributed by atoms with Gasteiger partial charge in [0.1, 0.15) is 34.7 Å². The summed E-state index contributed by atoms with van der Waals surface area (Å²) in [6.07, 6.45) is 28.5. The first-order chi connectivity index (χ1) is 35.6. The molecular weight excluding hydrogens is 961 g/mol. The zero-order valence-corrected chi connectivity index (χ0v) is 51.8. The van der Waals surface area contributed by atoms with E-state index in [0.29, 0.717) is 51.1 Å². The number of nitrogens with zero attached hydrogens (tertiary/aromatic N) is 2. The van der Waals surface area contributed by atoms with Crippen molar-refractivity contribution >= 4 is 30.3 Å². The average molecular weight is 1080 g/mol. The molecule has 0 aliphatic heterocycles. The number of rotatable bonds is 41. The third-order valence-corrected chi connectivity index (χ3v) is 12.8. The predicted octanol–water partition coefficient (Wildman–Crippen LogP) is 16.0. The first kappa shape index (κ1) is 72.5. The van der Waals surface area contributed by atoms with Crippen molar-refractivity contribution in [2.75, 3.05) is 19.6 Å². The van der Waals surface area contributed by atoms with Gasteiger partial charge in [-0.2, -0.15) is 0 Å². The van der Waals surface area contributed by atoms with Crippen LogP contribution in [0, 0.1) is 5.92 Å². The molecule has 5 N–H and O–H groups in total. The second-order valence-corrected chi connectivity index (χ2v) is 25.8. The van der Waals surface area contributed by atoms with Gasteiger partial charge in [0.2, 0.25) is 5.91 Å². The molecule has 0 aromatic carbocycles. The third kappa shape index (κ3) is 43.5. The SMILES string of the molecule is CCCC(NC(=O)OC(C)(C)C)N(CC(CCCCCCNC(=O)CCCCCCCCCCCCCCCCCCCCCC(C)N)CN(C(=O)OC(C)(C)C)C(CCC)NC(=O)OC(C)(C)C)C(=O)OC(C)(C)C. The van der Waals surface area contributed by atoms with Crippen molar-refractivity contribution in [1.82, 2.24) is 25.8 Å². The summed E-state index contributed by atoms with van der Waals surface area (Å²) in [6.45, 7) is 28.4. The second kappa shape index (κ2) is 40.7. The molecule has 0 aliphatic rings. The summed E-state index contributed by atoms with van der Waals surface area (Å²) in [5, 5.41) is 9.00. The monoisotopic (exact) mass is 1080 g/mol. The number of carbonyl (C=O) groups is 5. The summed E-state index contributed by atoms with van der Waals surface area (Å²) in [5.41, 5.74) is 2.63. The molecule has 5 amide bonds. The van der Waals surface area contributed by atoms with Crippen LogP contribution in [0.2, 0.25) is 0 Å². The lowest BCUT2D eigenvalue weighted by Crippen LogP contribution is -2.57. The molecule has 0 fully saturated rings. The molecule has 0 aromatic rings. The number of amides is 5. The van der Waals surface area contributed by atoms with E-state index in [1.54, 1.807) is 92.9 Å². The van der Waals surface area contributed by atoms with E-state index in [0.717, 1.165) is 44.9 Å². The molecule has 15 heteroatoms. The van der Waals surface area contributed by atoms with Crippen LogP contribution >= 0.6 is 0 Å². The van der Waals surface area contributed by atoms with Crippen LogP contribution in [0.3, 0.4) is 0 Å². The summed E-state index contributed by atoms with van der Waals surface area (Å²) in [4.78, 5) is 70.8. The van der Waals surface area contributed by atoms with Crippen molar-refractivity contribution in [1.29, 1.82) is 0 Å². The van der Waals surface area contributed by atoms with E-state index in [9.17, 15) is 24.0 Å². The lowest BCUT2D eigenvalue weighted by molar-refractivity contribution is -0.121. The summed E-state index contributed by atoms with van der Waals surface area (Å²) >= 11 is 0. The van der Waals surface area contributed by atoms with Gasteiger partial charge in [0, 0.05) is 32.1 Å². The molecule has 15 nitrogen and oxygen atoms in total. The third-order valence-electron chi connectivity index (χ3n) is 12.8. The number of ether oxygens (including phenoxy) is 4. The van der Waals surface area contributed by atoms with E-state index in [1.165, 1.54) is 109 Å². The molecule has 0 bridgehead atoms. The van der Waals surface area contributed by atoms with E-state index in [2.05, 4.69) is 22.9 Å². The molecule has 76 heavy (non-hydrogen) atoms. The van der Waals surface area contributed by atoms with E-state index in [4.69, 9.17) is 24.7 Å². The first-order valence-corrected chi connectivity index (χ1v) is 30.6. The Morgan fingerprint density at radius 1 is 0.421 bits per heavy atom. The fourth-order valence-corrected chi connectivity index (χ4v) is 9.13. The Labute approximate surface area is 465 Å². The second-order valence-electron chi connectivity index (χ2n) is 25.8. The molecule has 0 heterocycles. The molecule has 0 saturated heterocycles. The van der Waals surface area contributed by atoms with Gasteiger partial charge in [-0.05, 0) is 134 Å². The summed E-state index contributed by atoms with van der Waals surface area (Å²) in [5.74, 6) is -0.243. The molecule has 0 rings (SSSR count). The van der Waals surface area contributed by atoms with Gasteiger partial charge in [-0.15, -0.1) is 0 Å². The Bertz CT molecular complexity index is 1460. The zero-order chi connectivity index (χ0) is 57.6. The topological polar surface area (TPSA) is 191 Å². The number of hydrogen-bond donors (Lipinski definition) is 4. The molecule has 3 unspecified atom stereocenters. The molecular formula is C61H120N6O9. The van der Waals surface area contributed by atoms with Crippen molar-refractivity contribution in [2.45, 2.75) is 337 Å². The standard InChI is InChI=1S/C61H120N6O9/c1-16-41-51(64-54(69)73-58(4,5)6)66(56(71)75-60(10,11)12)47-50(48-67(57(72)76-61(13,14)15)52(42-17-2)65-55(70)74-59(7,8)9)44-38-35-36-40-46-63-53(68)45-39-34-32-30-28-26-24-22-20-18-19-21-23-25-27-29-31-33-37-43-49(3)62/h49-52H,16-48,62H2,1-15H3,(H,63,68)(H,64,69)(H,65,70). The van der Waals surface area contributed by atoms with Crippen LogP contribution in [0.25, 0.3) is 0 Å². The fourth-order valence-electron chi connectivity index (χ4n) is 9.13. The number of hydrogen-bond acceptors (Lipinski definition) is 10. The van der Waals surface area contributed by atoms with Gasteiger partial charge in [-0.3, -0.25) is 14.6 Å². The number of unbranched alkanes of at least 4 members (excludes halogenated alkanes) is 21. The number of nitrogens with two attached hydrogens (primary N) is 1. The number of nitrogens with one attached hydrogen (secondary N) is 3. The quantitative estimate of drug-likeness (QED) is 0.0260. The molecule has 3 atom stereocenters. The average Bonchev–Trinajstić information content (AvgIpc) is 3.27. The summed E-state index contributed by atoms with van der Waals surface area (Å²) < 4.78 is 23.2. The van der Waals surface area contributed by atoms with Gasteiger partial charge in [-0.1, -0.05) is 162 Å². The van der Waals surface area contributed by atoms with Crippen LogP contribution in [0.4, 0.5) is 19.2 Å². The largest absolute Gasteiger partial charge is 0.444 e. The minimum absolute atomic E-state index is 0.108. The van der Waals surface area contributed by atoms with Gasteiger partial charge in [0.25, 0.3) is 0 Å². The van der Waals surface area contributed by atoms with Crippen molar-refractivity contribution in [2.24, 2.45) is 11.7 Å². The highest BCUT2D eigenvalue weighted by Crippen LogP contribution is 2.24. The Kier molecular flexibility index (Phi) is 38.8. The van der Waals surface area contributed by atoms with Gasteiger partial charge in [-0.25, -0.2) is 19.2 Å². The van der Waals surface area contributed by atoms with Crippen LogP contribution in [0.15, 0.2) is 0 Å². The van der Waals surface area contributed by atoms with Crippen LogP contribution in [-0.4, -0.2) is 100 Å². The van der Waals surface area contributed by atoms with Crippen molar-refractivity contribution in [3.63, 3.8) is 0 Å². The normalized spacial score (nSPS) is 13.7. The van der Waals surface area contributed by atoms with Crippen molar-refractivity contribution in [3.8, 4) is 0 Å². The highest BCUT2D eigenvalue weighted by atomic mass is 16.6. The predicted molar refractivity (Wildman–Crippen MR) is 312 cm³/mol. The molecule has 0 radical (unpaired) electrons. The van der Waals surface area contributed by atoms with E-state index in [-0.39, 0.29) is 24.9 Å². The minimum Gasteiger partial charge on any atom is -0.444 e. The molecule has 0 saturated carbocycles. The first-order valence-electron chi connectivity index (χ1n) is 30.6. The van der Waals surface area contributed by atoms with Crippen molar-refractivity contribution < 1.29 is 42.9 Å². The fraction of sp³-hybridized carbons (Fsp3) is 0.918. The Morgan fingerprint density at radius 2 is 0.724 bits per heavy atom. The smallest absolute Gasteiger partial charge is 0.411 e. The van der Waals surface area contributed by atoms with Crippen LogP contribution in [0.1, 0.15) is 296 Å². The van der Waals surface area contributed by atoms with Crippen LogP contribution in [0.5, 0.6) is 0 Å². The molecule has 0 aromatic heterocycles. The van der Waals surface area contributed by atoms with Crippen LogP contribution in [-0.2, 0) is 23.7 Å². The summed E-state index contributed by atoms with van der Waals surface area (Å²) in [7, 11) is 0. The highest BCUT2D eigenvalue weighted by Gasteiger charge is 2.36. The molecule has 0 spiro atoms. The Morgan fingerprint density at radius 3 is 1.04 bits per heavy atom. The summed E-state index contributed by atoms with van der Waals surface area (Å²) in [6, 6.07) is 0.350. The lowest BCUT2D eigenvalue weighted by atomic mass is 9.98. The van der Waals surface area contributed by atoms with Gasteiger partial charge in [0.05, 0.1) is 0 Å². The maximum Gasteiger partial charge on any atom is 0.411 e. The van der Waals surface area contributed by atoms with Crippen LogP contribution < -0.4 is 21.7 Å². The number of carbonyl (C=O) groups excluding carboxylic acids is 5. The Hall–Kier alpha value is -3.49. The maximum atomic E-state index is 14.2. The van der Waals surface area contributed by atoms with E-state index < -0.39 is 59.1 Å². The van der Waals surface area contributed by atoms with Crippen molar-refractivity contribution in [3.05, 3.63) is 0 Å². The van der Waals surface area contributed by atoms with Gasteiger partial charge in [0.15, 0.2) is 0 Å². The van der Waals surface area contributed by atoms with E-state index >= 15 is 0 Å². The maximum absolute atomic E-state index is 14.2. The highest BCUT2D eigenvalue weighted by molar-refractivity contribution is 5.75. The lowest BCUT2D eigenvalue weighted by Gasteiger charge is -2.39.